The fourth-order valence-electron chi connectivity index (χ4n) is 0.919. The standard InChI is InChI=1S/C8H4Br2F2N2/c9-6-3-4(8(11)12)7(10)5(14-6)1-2-13/h3,8H,1H2. The number of hydrogen-bond acceptors (Lipinski definition) is 2. The third-order valence-corrected chi connectivity index (χ3v) is 2.83. The molecule has 0 bridgehead atoms. The summed E-state index contributed by atoms with van der Waals surface area (Å²) in [5.74, 6) is 0. The van der Waals surface area contributed by atoms with E-state index in [1.54, 1.807) is 0 Å². The van der Waals surface area contributed by atoms with Gasteiger partial charge < -0.3 is 0 Å². The Labute approximate surface area is 96.2 Å². The first-order valence-corrected chi connectivity index (χ1v) is 5.14. The van der Waals surface area contributed by atoms with Crippen molar-refractivity contribution < 1.29 is 8.78 Å². The monoisotopic (exact) mass is 324 g/mol. The number of pyridine rings is 1. The average molecular weight is 326 g/mol. The van der Waals surface area contributed by atoms with Gasteiger partial charge in [-0.25, -0.2) is 13.8 Å². The van der Waals surface area contributed by atoms with Crippen molar-refractivity contribution in [1.82, 2.24) is 4.98 Å². The summed E-state index contributed by atoms with van der Waals surface area (Å²) < 4.78 is 25.4. The number of halogens is 4. The van der Waals surface area contributed by atoms with Crippen LogP contribution in [0.25, 0.3) is 0 Å². The molecule has 0 aliphatic carbocycles. The second-order valence-corrected chi connectivity index (χ2v) is 4.04. The van der Waals surface area contributed by atoms with Crippen LogP contribution in [0.3, 0.4) is 0 Å². The number of nitrogens with zero attached hydrogens (tertiary/aromatic N) is 2. The Balaban J connectivity index is 3.26. The van der Waals surface area contributed by atoms with E-state index in [1.165, 1.54) is 6.07 Å². The van der Waals surface area contributed by atoms with Crippen LogP contribution in [0.4, 0.5) is 8.78 Å². The molecule has 0 N–H and O–H groups in total. The molecule has 0 saturated heterocycles. The van der Waals surface area contributed by atoms with Gasteiger partial charge in [-0.05, 0) is 37.9 Å². The van der Waals surface area contributed by atoms with Crippen LogP contribution in [0, 0.1) is 11.3 Å². The Morgan fingerprint density at radius 3 is 2.64 bits per heavy atom. The van der Waals surface area contributed by atoms with Crippen molar-refractivity contribution in [2.24, 2.45) is 0 Å². The summed E-state index contributed by atoms with van der Waals surface area (Å²) in [6, 6.07) is 3.09. The lowest BCUT2D eigenvalue weighted by molar-refractivity contribution is 0.150. The van der Waals surface area contributed by atoms with E-state index < -0.39 is 6.43 Å². The van der Waals surface area contributed by atoms with Gasteiger partial charge in [0, 0.05) is 10.0 Å². The molecule has 1 heterocycles. The van der Waals surface area contributed by atoms with E-state index in [0.717, 1.165) is 0 Å². The van der Waals surface area contributed by atoms with Gasteiger partial charge in [-0.1, -0.05) is 0 Å². The average Bonchev–Trinajstić information content (AvgIpc) is 2.10. The van der Waals surface area contributed by atoms with Crippen LogP contribution in [-0.4, -0.2) is 4.98 Å². The summed E-state index contributed by atoms with van der Waals surface area (Å²) in [6.45, 7) is 0. The molecule has 6 heteroatoms. The summed E-state index contributed by atoms with van der Waals surface area (Å²) in [7, 11) is 0. The molecule has 0 saturated carbocycles. The SMILES string of the molecule is N#CCc1nc(Br)cc(C(F)F)c1Br. The number of aromatic nitrogens is 1. The lowest BCUT2D eigenvalue weighted by Gasteiger charge is -2.06. The van der Waals surface area contributed by atoms with E-state index in [0.29, 0.717) is 10.3 Å². The molecule has 0 amide bonds. The molecule has 1 rings (SSSR count). The quantitative estimate of drug-likeness (QED) is 0.779. The number of nitriles is 1. The normalized spacial score (nSPS) is 10.3. The highest BCUT2D eigenvalue weighted by molar-refractivity contribution is 9.11. The number of rotatable bonds is 2. The second-order valence-electron chi connectivity index (χ2n) is 2.43. The zero-order chi connectivity index (χ0) is 10.7. The van der Waals surface area contributed by atoms with Crippen molar-refractivity contribution in [2.45, 2.75) is 12.8 Å². The first-order valence-electron chi connectivity index (χ1n) is 3.56. The summed E-state index contributed by atoms with van der Waals surface area (Å²) >= 11 is 6.01. The van der Waals surface area contributed by atoms with E-state index in [4.69, 9.17) is 5.26 Å². The maximum atomic E-state index is 12.5. The van der Waals surface area contributed by atoms with Crippen LogP contribution >= 0.6 is 31.9 Å². The molecule has 1 aromatic heterocycles. The van der Waals surface area contributed by atoms with Crippen molar-refractivity contribution in [3.63, 3.8) is 0 Å². The summed E-state index contributed by atoms with van der Waals surface area (Å²) in [6.07, 6.45) is -2.58. The van der Waals surface area contributed by atoms with Gasteiger partial charge in [0.05, 0.1) is 18.2 Å². The van der Waals surface area contributed by atoms with Gasteiger partial charge in [0.1, 0.15) is 4.60 Å². The minimum absolute atomic E-state index is 0.000255. The van der Waals surface area contributed by atoms with Gasteiger partial charge in [0.25, 0.3) is 6.43 Å². The third kappa shape index (κ3) is 2.49. The smallest absolute Gasteiger partial charge is 0.244 e. The Morgan fingerprint density at radius 1 is 1.50 bits per heavy atom. The van der Waals surface area contributed by atoms with Crippen LogP contribution in [-0.2, 0) is 6.42 Å². The zero-order valence-electron chi connectivity index (χ0n) is 6.77. The molecule has 0 atom stereocenters. The number of alkyl halides is 2. The highest BCUT2D eigenvalue weighted by atomic mass is 79.9. The fourth-order valence-corrected chi connectivity index (χ4v) is 1.90. The highest BCUT2D eigenvalue weighted by Gasteiger charge is 2.16. The predicted octanol–water partition coefficient (Wildman–Crippen LogP) is 3.61. The van der Waals surface area contributed by atoms with Crippen LogP contribution in [0.5, 0.6) is 0 Å². The largest absolute Gasteiger partial charge is 0.265 e. The first-order chi connectivity index (χ1) is 6.56. The van der Waals surface area contributed by atoms with Crippen molar-refractivity contribution in [3.05, 3.63) is 26.4 Å². The first kappa shape index (κ1) is 11.5. The molecule has 74 valence electrons. The van der Waals surface area contributed by atoms with Gasteiger partial charge in [0.15, 0.2) is 0 Å². The second kappa shape index (κ2) is 4.80. The Morgan fingerprint density at radius 2 is 2.14 bits per heavy atom. The molecular weight excluding hydrogens is 322 g/mol. The van der Waals surface area contributed by atoms with Crippen molar-refractivity contribution in [3.8, 4) is 6.07 Å². The molecule has 0 unspecified atom stereocenters. The van der Waals surface area contributed by atoms with Gasteiger partial charge in [-0.3, -0.25) is 0 Å². The predicted molar refractivity (Wildman–Crippen MR) is 53.9 cm³/mol. The number of hydrogen-bond donors (Lipinski definition) is 0. The molecule has 0 radical (unpaired) electrons. The van der Waals surface area contributed by atoms with E-state index in [9.17, 15) is 8.78 Å². The van der Waals surface area contributed by atoms with Crippen LogP contribution in [0.1, 0.15) is 17.7 Å². The Hall–Kier alpha value is -0.540. The van der Waals surface area contributed by atoms with Crippen molar-refractivity contribution >= 4 is 31.9 Å². The molecule has 14 heavy (non-hydrogen) atoms. The van der Waals surface area contributed by atoms with Crippen molar-refractivity contribution in [1.29, 1.82) is 5.26 Å². The third-order valence-electron chi connectivity index (χ3n) is 1.50. The molecule has 0 aliphatic heterocycles. The molecule has 0 aromatic carbocycles. The van der Waals surface area contributed by atoms with Crippen LogP contribution < -0.4 is 0 Å². The Kier molecular flexibility index (Phi) is 3.96. The Bertz CT molecular complexity index is 388. The van der Waals surface area contributed by atoms with Gasteiger partial charge in [-0.15, -0.1) is 0 Å². The minimum atomic E-state index is -2.58. The molecule has 0 spiro atoms. The lowest BCUT2D eigenvalue weighted by atomic mass is 10.2. The maximum Gasteiger partial charge on any atom is 0.265 e. The van der Waals surface area contributed by atoms with E-state index in [2.05, 4.69) is 36.8 Å². The minimum Gasteiger partial charge on any atom is -0.244 e. The van der Waals surface area contributed by atoms with Gasteiger partial charge in [0.2, 0.25) is 0 Å². The zero-order valence-corrected chi connectivity index (χ0v) is 9.94. The molecule has 0 aliphatic rings. The molecule has 1 aromatic rings. The highest BCUT2D eigenvalue weighted by Crippen LogP contribution is 2.31. The summed E-state index contributed by atoms with van der Waals surface area (Å²) in [4.78, 5) is 3.92. The topological polar surface area (TPSA) is 36.7 Å². The fraction of sp³-hybridized carbons (Fsp3) is 0.250. The molecular formula is C8H4Br2F2N2. The summed E-state index contributed by atoms with van der Waals surface area (Å²) in [5.41, 5.74) is 0.161. The van der Waals surface area contributed by atoms with E-state index in [1.807, 2.05) is 6.07 Å². The lowest BCUT2D eigenvalue weighted by Crippen LogP contribution is -1.97. The van der Waals surface area contributed by atoms with Gasteiger partial charge >= 0.3 is 0 Å². The molecule has 2 nitrogen and oxygen atoms in total. The summed E-state index contributed by atoms with van der Waals surface area (Å²) in [5, 5.41) is 8.45. The maximum absolute atomic E-state index is 12.5. The molecule has 0 fully saturated rings. The van der Waals surface area contributed by atoms with E-state index >= 15 is 0 Å². The van der Waals surface area contributed by atoms with Gasteiger partial charge in [-0.2, -0.15) is 5.26 Å². The van der Waals surface area contributed by atoms with Crippen LogP contribution in [0.2, 0.25) is 0 Å². The van der Waals surface area contributed by atoms with E-state index in [-0.39, 0.29) is 16.5 Å². The van der Waals surface area contributed by atoms with Crippen molar-refractivity contribution in [2.75, 3.05) is 0 Å². The van der Waals surface area contributed by atoms with Crippen LogP contribution in [0.15, 0.2) is 15.1 Å².